The molecule has 3 heteroatoms. The number of benzene rings is 2. The Morgan fingerprint density at radius 2 is 1.47 bits per heavy atom. The zero-order chi connectivity index (χ0) is 13.1. The molecule has 2 atom stereocenters. The van der Waals surface area contributed by atoms with Gasteiger partial charge in [-0.15, -0.1) is 0 Å². The molecular weight excluding hydrogens is 254 g/mol. The molecule has 3 rings (SSSR count). The molecule has 2 aromatic carbocycles. The Balaban J connectivity index is 1.96. The van der Waals surface area contributed by atoms with E-state index in [9.17, 15) is 0 Å². The van der Waals surface area contributed by atoms with Crippen molar-refractivity contribution in [2.24, 2.45) is 4.99 Å². The first-order valence-corrected chi connectivity index (χ1v) is 7.49. The fraction of sp³-hybridized carbons (Fsp3) is 0.188. The van der Waals surface area contributed by atoms with Gasteiger partial charge in [0.05, 0.1) is 0 Å². The van der Waals surface area contributed by atoms with E-state index in [0.717, 1.165) is 5.23 Å². The van der Waals surface area contributed by atoms with Crippen molar-refractivity contribution in [3.8, 4) is 0 Å². The van der Waals surface area contributed by atoms with Gasteiger partial charge in [0.15, 0.2) is 6.10 Å². The summed E-state index contributed by atoms with van der Waals surface area (Å²) in [6.07, 6.45) is 1.97. The maximum Gasteiger partial charge on any atom is 0.246 e. The van der Waals surface area contributed by atoms with Gasteiger partial charge in [-0.2, -0.15) is 0 Å². The normalized spacial score (nSPS) is 21.8. The molecule has 0 unspecified atom stereocenters. The highest BCUT2D eigenvalue weighted by molar-refractivity contribution is 8.12. The van der Waals surface area contributed by atoms with Crippen molar-refractivity contribution in [2.45, 2.75) is 12.1 Å². The predicted molar refractivity (Wildman–Crippen MR) is 80.4 cm³/mol. The summed E-state index contributed by atoms with van der Waals surface area (Å²) in [4.78, 5) is 4.69. The van der Waals surface area contributed by atoms with E-state index in [4.69, 9.17) is 9.73 Å². The van der Waals surface area contributed by atoms with E-state index in [0.29, 0.717) is 0 Å². The minimum atomic E-state index is -0.0222. The van der Waals surface area contributed by atoms with Crippen LogP contribution in [0.2, 0.25) is 0 Å². The van der Waals surface area contributed by atoms with Crippen LogP contribution < -0.4 is 0 Å². The molecule has 0 radical (unpaired) electrons. The standard InChI is InChI=1S/C16H15NOS/c1-19-16-17-14(12-8-4-2-5-9-12)15(18-16)13-10-6-3-7-11-13/h2-11,14-15H,1H3/t14-,15-/m0/s1. The average Bonchev–Trinajstić information content (AvgIpc) is 2.93. The monoisotopic (exact) mass is 269 g/mol. The lowest BCUT2D eigenvalue weighted by molar-refractivity contribution is 0.202. The minimum Gasteiger partial charge on any atom is -0.462 e. The third kappa shape index (κ3) is 2.51. The summed E-state index contributed by atoms with van der Waals surface area (Å²) in [5.41, 5.74) is 2.37. The van der Waals surface area contributed by atoms with Crippen LogP contribution >= 0.6 is 11.8 Å². The molecule has 0 spiro atoms. The van der Waals surface area contributed by atoms with Crippen LogP contribution in [0.5, 0.6) is 0 Å². The molecule has 0 bridgehead atoms. The summed E-state index contributed by atoms with van der Waals surface area (Å²) >= 11 is 1.56. The Bertz CT molecular complexity index is 568. The summed E-state index contributed by atoms with van der Waals surface area (Å²) in [7, 11) is 0. The molecule has 0 N–H and O–H groups in total. The third-order valence-electron chi connectivity index (χ3n) is 3.20. The summed E-state index contributed by atoms with van der Waals surface area (Å²) < 4.78 is 5.98. The fourth-order valence-corrected chi connectivity index (χ4v) is 2.70. The molecule has 96 valence electrons. The van der Waals surface area contributed by atoms with Crippen LogP contribution in [0, 0.1) is 0 Å². The first-order chi connectivity index (χ1) is 9.38. The van der Waals surface area contributed by atoms with E-state index in [1.807, 2.05) is 42.7 Å². The largest absolute Gasteiger partial charge is 0.462 e. The van der Waals surface area contributed by atoms with Gasteiger partial charge in [0.25, 0.3) is 0 Å². The van der Waals surface area contributed by atoms with Crippen molar-refractivity contribution in [1.82, 2.24) is 0 Å². The maximum atomic E-state index is 5.98. The number of nitrogens with zero attached hydrogens (tertiary/aromatic N) is 1. The van der Waals surface area contributed by atoms with E-state index in [1.165, 1.54) is 11.1 Å². The van der Waals surface area contributed by atoms with Crippen molar-refractivity contribution in [1.29, 1.82) is 0 Å². The third-order valence-corrected chi connectivity index (χ3v) is 3.75. The Kier molecular flexibility index (Phi) is 3.56. The van der Waals surface area contributed by atoms with Crippen LogP contribution in [0.25, 0.3) is 0 Å². The van der Waals surface area contributed by atoms with Gasteiger partial charge >= 0.3 is 0 Å². The van der Waals surface area contributed by atoms with Crippen molar-refractivity contribution in [3.63, 3.8) is 0 Å². The number of rotatable bonds is 2. The summed E-state index contributed by atoms with van der Waals surface area (Å²) in [5, 5.41) is 0.766. The molecule has 2 nitrogen and oxygen atoms in total. The van der Waals surface area contributed by atoms with E-state index in [1.54, 1.807) is 11.8 Å². The lowest BCUT2D eigenvalue weighted by Crippen LogP contribution is -2.07. The summed E-state index contributed by atoms with van der Waals surface area (Å²) in [6, 6.07) is 20.7. The second-order valence-electron chi connectivity index (χ2n) is 4.40. The Morgan fingerprint density at radius 1 is 0.895 bits per heavy atom. The van der Waals surface area contributed by atoms with Crippen molar-refractivity contribution >= 4 is 17.0 Å². The van der Waals surface area contributed by atoms with E-state index in [2.05, 4.69) is 24.3 Å². The molecule has 0 aliphatic carbocycles. The number of thioether (sulfide) groups is 1. The quantitative estimate of drug-likeness (QED) is 0.814. The number of hydrogen-bond donors (Lipinski definition) is 0. The number of aliphatic imine (C=N–C) groups is 1. The van der Waals surface area contributed by atoms with Gasteiger partial charge in [-0.1, -0.05) is 72.4 Å². The molecule has 1 heterocycles. The fourth-order valence-electron chi connectivity index (χ4n) is 2.28. The SMILES string of the molecule is CSC1=N[C@@H](c2ccccc2)[C@H](c2ccccc2)O1. The van der Waals surface area contributed by atoms with Gasteiger partial charge in [-0.05, 0) is 17.4 Å². The van der Waals surface area contributed by atoms with Gasteiger partial charge in [0.2, 0.25) is 5.23 Å². The highest BCUT2D eigenvalue weighted by Gasteiger charge is 2.32. The lowest BCUT2D eigenvalue weighted by atomic mass is 9.97. The summed E-state index contributed by atoms with van der Waals surface area (Å²) in [5.74, 6) is 0. The molecule has 2 aromatic rings. The molecule has 0 fully saturated rings. The van der Waals surface area contributed by atoms with Crippen LogP contribution in [-0.2, 0) is 4.74 Å². The van der Waals surface area contributed by atoms with E-state index in [-0.39, 0.29) is 12.1 Å². The number of ether oxygens (including phenoxy) is 1. The van der Waals surface area contributed by atoms with Crippen molar-refractivity contribution < 1.29 is 4.74 Å². The van der Waals surface area contributed by atoms with Gasteiger partial charge in [-0.25, -0.2) is 4.99 Å². The first-order valence-electron chi connectivity index (χ1n) is 6.27. The second kappa shape index (κ2) is 5.49. The van der Waals surface area contributed by atoms with Crippen molar-refractivity contribution in [3.05, 3.63) is 71.8 Å². The Labute approximate surface area is 117 Å². The molecule has 19 heavy (non-hydrogen) atoms. The summed E-state index contributed by atoms with van der Waals surface area (Å²) in [6.45, 7) is 0. The Hall–Kier alpha value is -1.74. The lowest BCUT2D eigenvalue weighted by Gasteiger charge is -2.18. The van der Waals surface area contributed by atoms with Gasteiger partial charge in [0, 0.05) is 0 Å². The number of hydrogen-bond acceptors (Lipinski definition) is 3. The molecular formula is C16H15NOS. The predicted octanol–water partition coefficient (Wildman–Crippen LogP) is 4.22. The Morgan fingerprint density at radius 3 is 2.05 bits per heavy atom. The smallest absolute Gasteiger partial charge is 0.246 e. The minimum absolute atomic E-state index is 0.0222. The van der Waals surface area contributed by atoms with Crippen LogP contribution in [0.1, 0.15) is 23.3 Å². The van der Waals surface area contributed by atoms with Gasteiger partial charge < -0.3 is 4.74 Å². The molecule has 0 aromatic heterocycles. The topological polar surface area (TPSA) is 21.6 Å². The van der Waals surface area contributed by atoms with Crippen molar-refractivity contribution in [2.75, 3.05) is 6.26 Å². The van der Waals surface area contributed by atoms with Crippen LogP contribution in [0.3, 0.4) is 0 Å². The highest BCUT2D eigenvalue weighted by Crippen LogP contribution is 2.41. The second-order valence-corrected chi connectivity index (χ2v) is 5.16. The molecule has 0 amide bonds. The van der Waals surface area contributed by atoms with Crippen LogP contribution in [0.4, 0.5) is 0 Å². The molecule has 1 aliphatic rings. The zero-order valence-electron chi connectivity index (χ0n) is 10.7. The molecule has 1 aliphatic heterocycles. The maximum absolute atomic E-state index is 5.98. The molecule has 0 saturated heterocycles. The zero-order valence-corrected chi connectivity index (χ0v) is 11.5. The van der Waals surface area contributed by atoms with E-state index >= 15 is 0 Å². The first kappa shape index (κ1) is 12.3. The average molecular weight is 269 g/mol. The van der Waals surface area contributed by atoms with Crippen LogP contribution in [0.15, 0.2) is 65.7 Å². The van der Waals surface area contributed by atoms with Crippen LogP contribution in [-0.4, -0.2) is 11.5 Å². The van der Waals surface area contributed by atoms with Gasteiger partial charge in [0.1, 0.15) is 6.04 Å². The van der Waals surface area contributed by atoms with E-state index < -0.39 is 0 Å². The highest BCUT2D eigenvalue weighted by atomic mass is 32.2. The van der Waals surface area contributed by atoms with Gasteiger partial charge in [-0.3, -0.25) is 0 Å². The molecule has 0 saturated carbocycles.